The van der Waals surface area contributed by atoms with Gasteiger partial charge in [0.15, 0.2) is 0 Å². The molecule has 0 atom stereocenters. The lowest BCUT2D eigenvalue weighted by atomic mass is 10.1. The summed E-state index contributed by atoms with van der Waals surface area (Å²) < 4.78 is 6.98. The molecule has 0 aliphatic carbocycles. The summed E-state index contributed by atoms with van der Waals surface area (Å²) in [6, 6.07) is 10.3. The van der Waals surface area contributed by atoms with E-state index in [9.17, 15) is 0 Å². The summed E-state index contributed by atoms with van der Waals surface area (Å²) in [5.74, 6) is 0.828. The number of aromatic nitrogens is 2. The lowest BCUT2D eigenvalue weighted by Crippen LogP contribution is -2.27. The highest BCUT2D eigenvalue weighted by molar-refractivity contribution is 7.20. The van der Waals surface area contributed by atoms with E-state index in [-0.39, 0.29) is 0 Å². The molecule has 1 aromatic carbocycles. The minimum Gasteiger partial charge on any atom is -0.431 e. The second-order valence-corrected chi connectivity index (χ2v) is 7.15. The molecule has 0 saturated heterocycles. The summed E-state index contributed by atoms with van der Waals surface area (Å²) in [6.07, 6.45) is 7.04. The van der Waals surface area contributed by atoms with Gasteiger partial charge >= 0.3 is 0 Å². The van der Waals surface area contributed by atoms with E-state index < -0.39 is 0 Å². The second-order valence-electron chi connectivity index (χ2n) is 6.16. The van der Waals surface area contributed by atoms with E-state index in [2.05, 4.69) is 40.8 Å². The van der Waals surface area contributed by atoms with Crippen LogP contribution < -0.4 is 4.74 Å². The van der Waals surface area contributed by atoms with E-state index in [1.807, 2.05) is 18.2 Å². The van der Waals surface area contributed by atoms with Gasteiger partial charge < -0.3 is 9.64 Å². The Morgan fingerprint density at radius 2 is 1.76 bits per heavy atom. The predicted molar refractivity (Wildman–Crippen MR) is 105 cm³/mol. The van der Waals surface area contributed by atoms with Crippen molar-refractivity contribution in [2.45, 2.75) is 33.1 Å². The molecular formula is C20H25N3OS. The predicted octanol–water partition coefficient (Wildman–Crippen LogP) is 5.15. The first kappa shape index (κ1) is 17.8. The molecule has 2 aromatic heterocycles. The molecule has 4 nitrogen and oxygen atoms in total. The van der Waals surface area contributed by atoms with Crippen LogP contribution in [0.15, 0.2) is 42.7 Å². The Balaban J connectivity index is 1.58. The first-order valence-electron chi connectivity index (χ1n) is 8.98. The van der Waals surface area contributed by atoms with Gasteiger partial charge in [-0.3, -0.25) is 4.98 Å². The Labute approximate surface area is 153 Å². The monoisotopic (exact) mass is 355 g/mol. The number of hydrogen-bond donors (Lipinski definition) is 0. The molecule has 0 aliphatic heterocycles. The number of ether oxygens (including phenoxy) is 1. The van der Waals surface area contributed by atoms with Crippen molar-refractivity contribution in [2.24, 2.45) is 0 Å². The standard InChI is InChI=1S/C20H25N3OS/c1-3-12-23(13-4-2)14-10-16-5-7-17(8-6-16)24-20-22-18-15-21-11-9-19(18)25-20/h5-9,11,15H,3-4,10,12-14H2,1-2H3. The first-order chi connectivity index (χ1) is 12.3. The van der Waals surface area contributed by atoms with Gasteiger partial charge in [0.05, 0.1) is 10.9 Å². The van der Waals surface area contributed by atoms with E-state index in [1.165, 1.54) is 31.5 Å². The van der Waals surface area contributed by atoms with Crippen molar-refractivity contribution in [2.75, 3.05) is 19.6 Å². The van der Waals surface area contributed by atoms with Crippen molar-refractivity contribution in [1.29, 1.82) is 0 Å². The lowest BCUT2D eigenvalue weighted by molar-refractivity contribution is 0.278. The Bertz CT molecular complexity index is 746. The quantitative estimate of drug-likeness (QED) is 0.532. The minimum absolute atomic E-state index is 0.660. The average Bonchev–Trinajstić information content (AvgIpc) is 3.03. The molecule has 5 heteroatoms. The van der Waals surface area contributed by atoms with Crippen LogP contribution in [-0.4, -0.2) is 34.5 Å². The maximum Gasteiger partial charge on any atom is 0.279 e. The van der Waals surface area contributed by atoms with Gasteiger partial charge in [-0.1, -0.05) is 37.3 Å². The molecule has 0 N–H and O–H groups in total. The molecule has 0 aliphatic rings. The molecule has 132 valence electrons. The van der Waals surface area contributed by atoms with Crippen LogP contribution in [-0.2, 0) is 6.42 Å². The highest BCUT2D eigenvalue weighted by atomic mass is 32.1. The fraction of sp³-hybridized carbons (Fsp3) is 0.400. The van der Waals surface area contributed by atoms with Crippen molar-refractivity contribution < 1.29 is 4.74 Å². The van der Waals surface area contributed by atoms with Crippen LogP contribution >= 0.6 is 11.3 Å². The lowest BCUT2D eigenvalue weighted by Gasteiger charge is -2.20. The number of nitrogens with zero attached hydrogens (tertiary/aromatic N) is 3. The van der Waals surface area contributed by atoms with Gasteiger partial charge in [-0.05, 0) is 56.1 Å². The molecule has 0 radical (unpaired) electrons. The highest BCUT2D eigenvalue weighted by Gasteiger charge is 2.07. The first-order valence-corrected chi connectivity index (χ1v) is 9.80. The maximum absolute atomic E-state index is 5.89. The van der Waals surface area contributed by atoms with Crippen molar-refractivity contribution in [3.05, 3.63) is 48.3 Å². The summed E-state index contributed by atoms with van der Waals surface area (Å²) in [6.45, 7) is 7.97. The molecule has 0 spiro atoms. The fourth-order valence-corrected chi connectivity index (χ4v) is 3.68. The molecule has 0 fully saturated rings. The van der Waals surface area contributed by atoms with E-state index in [4.69, 9.17) is 4.74 Å². The number of thiazole rings is 1. The second kappa shape index (κ2) is 8.92. The summed E-state index contributed by atoms with van der Waals surface area (Å²) in [5, 5.41) is 0.660. The molecular weight excluding hydrogens is 330 g/mol. The van der Waals surface area contributed by atoms with E-state index in [1.54, 1.807) is 23.7 Å². The highest BCUT2D eigenvalue weighted by Crippen LogP contribution is 2.30. The molecule has 0 amide bonds. The zero-order chi connectivity index (χ0) is 17.5. The zero-order valence-corrected chi connectivity index (χ0v) is 15.8. The zero-order valence-electron chi connectivity index (χ0n) is 14.9. The van der Waals surface area contributed by atoms with Crippen LogP contribution in [0.4, 0.5) is 0 Å². The molecule has 0 bridgehead atoms. The molecule has 2 heterocycles. The van der Waals surface area contributed by atoms with Gasteiger partial charge in [-0.15, -0.1) is 0 Å². The Morgan fingerprint density at radius 1 is 1.00 bits per heavy atom. The normalized spacial score (nSPS) is 11.3. The van der Waals surface area contributed by atoms with Crippen LogP contribution in [0, 0.1) is 0 Å². The van der Waals surface area contributed by atoms with E-state index >= 15 is 0 Å². The number of pyridine rings is 1. The molecule has 25 heavy (non-hydrogen) atoms. The van der Waals surface area contributed by atoms with E-state index in [0.29, 0.717) is 5.19 Å². The summed E-state index contributed by atoms with van der Waals surface area (Å²) in [7, 11) is 0. The van der Waals surface area contributed by atoms with Crippen molar-refractivity contribution in [3.63, 3.8) is 0 Å². The fourth-order valence-electron chi connectivity index (χ4n) is 2.88. The van der Waals surface area contributed by atoms with Crippen LogP contribution in [0.5, 0.6) is 10.9 Å². The third-order valence-electron chi connectivity index (χ3n) is 4.10. The Hall–Kier alpha value is -1.98. The smallest absolute Gasteiger partial charge is 0.279 e. The van der Waals surface area contributed by atoms with Crippen molar-refractivity contribution in [3.8, 4) is 10.9 Å². The van der Waals surface area contributed by atoms with Crippen molar-refractivity contribution in [1.82, 2.24) is 14.9 Å². The van der Waals surface area contributed by atoms with Gasteiger partial charge in [0.1, 0.15) is 11.3 Å². The third-order valence-corrected chi connectivity index (χ3v) is 5.01. The minimum atomic E-state index is 0.660. The molecule has 3 rings (SSSR count). The van der Waals surface area contributed by atoms with Gasteiger partial charge in [0.2, 0.25) is 0 Å². The SMILES string of the molecule is CCCN(CCC)CCc1ccc(Oc2nc3cnccc3s2)cc1. The molecule has 0 unspecified atom stereocenters. The average molecular weight is 356 g/mol. The third kappa shape index (κ3) is 5.00. The van der Waals surface area contributed by atoms with Gasteiger partial charge in [0, 0.05) is 12.7 Å². The van der Waals surface area contributed by atoms with E-state index in [0.717, 1.165) is 28.9 Å². The Morgan fingerprint density at radius 3 is 2.44 bits per heavy atom. The van der Waals surface area contributed by atoms with Gasteiger partial charge in [-0.2, -0.15) is 0 Å². The van der Waals surface area contributed by atoms with Gasteiger partial charge in [0.25, 0.3) is 5.19 Å². The number of fused-ring (bicyclic) bond motifs is 1. The molecule has 3 aromatic rings. The van der Waals surface area contributed by atoms with Crippen LogP contribution in [0.25, 0.3) is 10.2 Å². The Kier molecular flexibility index (Phi) is 6.36. The topological polar surface area (TPSA) is 38.2 Å². The largest absolute Gasteiger partial charge is 0.431 e. The van der Waals surface area contributed by atoms with Crippen LogP contribution in [0.2, 0.25) is 0 Å². The molecule has 0 saturated carbocycles. The van der Waals surface area contributed by atoms with Gasteiger partial charge in [-0.25, -0.2) is 4.98 Å². The number of benzene rings is 1. The van der Waals surface area contributed by atoms with Crippen LogP contribution in [0.3, 0.4) is 0 Å². The maximum atomic E-state index is 5.89. The van der Waals surface area contributed by atoms with Crippen molar-refractivity contribution >= 4 is 21.6 Å². The number of rotatable bonds is 9. The van der Waals surface area contributed by atoms with Crippen LogP contribution in [0.1, 0.15) is 32.3 Å². The summed E-state index contributed by atoms with van der Waals surface area (Å²) in [4.78, 5) is 11.1. The summed E-state index contributed by atoms with van der Waals surface area (Å²) in [5.41, 5.74) is 2.23. The summed E-state index contributed by atoms with van der Waals surface area (Å²) >= 11 is 1.54. The number of hydrogen-bond acceptors (Lipinski definition) is 5.